The Balaban J connectivity index is 2.45. The maximum atomic E-state index is 9.62. The van der Waals surface area contributed by atoms with E-state index in [1.807, 2.05) is 30.3 Å². The van der Waals surface area contributed by atoms with Crippen LogP contribution >= 0.6 is 11.6 Å². The number of nitrogens with zero attached hydrogens (tertiary/aromatic N) is 1. The summed E-state index contributed by atoms with van der Waals surface area (Å²) in [5.41, 5.74) is 4.17. The van der Waals surface area contributed by atoms with Crippen molar-refractivity contribution in [1.82, 2.24) is 0 Å². The predicted octanol–water partition coefficient (Wildman–Crippen LogP) is 4.86. The average Bonchev–Trinajstić information content (AvgIpc) is 2.43. The van der Waals surface area contributed by atoms with Gasteiger partial charge in [-0.25, -0.2) is 0 Å². The van der Waals surface area contributed by atoms with Gasteiger partial charge in [-0.3, -0.25) is 0 Å². The van der Waals surface area contributed by atoms with E-state index in [1.54, 1.807) is 6.92 Å². The lowest BCUT2D eigenvalue weighted by Crippen LogP contribution is -2.17. The zero-order valence-corrected chi connectivity index (χ0v) is 12.9. The third kappa shape index (κ3) is 2.97. The second-order valence-corrected chi connectivity index (χ2v) is 5.32. The first-order valence-electron chi connectivity index (χ1n) is 6.85. The number of hydrogen-bond acceptors (Lipinski definition) is 2. The van der Waals surface area contributed by atoms with Crippen molar-refractivity contribution in [3.05, 3.63) is 58.6 Å². The predicted molar refractivity (Wildman–Crippen MR) is 85.9 cm³/mol. The quantitative estimate of drug-likeness (QED) is 0.869. The molecule has 1 N–H and O–H groups in total. The Morgan fingerprint density at radius 2 is 1.85 bits per heavy atom. The fraction of sp³-hybridized carbons (Fsp3) is 0.294. The van der Waals surface area contributed by atoms with Crippen molar-refractivity contribution in [2.45, 2.75) is 26.9 Å². The second kappa shape index (κ2) is 6.29. The summed E-state index contributed by atoms with van der Waals surface area (Å²) < 4.78 is 0. The first kappa shape index (κ1) is 14.9. The van der Waals surface area contributed by atoms with Crippen LogP contribution < -0.4 is 4.90 Å². The van der Waals surface area contributed by atoms with Crippen LogP contribution in [0.5, 0.6) is 0 Å². The van der Waals surface area contributed by atoms with Crippen LogP contribution in [0.25, 0.3) is 0 Å². The Morgan fingerprint density at radius 1 is 1.15 bits per heavy atom. The summed E-state index contributed by atoms with van der Waals surface area (Å²) in [7, 11) is 0. The molecule has 0 heterocycles. The molecule has 20 heavy (non-hydrogen) atoms. The number of aliphatic hydroxyl groups excluding tert-OH is 1. The molecule has 2 rings (SSSR count). The Bertz CT molecular complexity index is 595. The van der Waals surface area contributed by atoms with Gasteiger partial charge < -0.3 is 10.0 Å². The minimum absolute atomic E-state index is 0.505. The number of para-hydroxylation sites is 1. The molecule has 0 bridgehead atoms. The smallest absolute Gasteiger partial charge is 0.0762 e. The van der Waals surface area contributed by atoms with Gasteiger partial charge in [0, 0.05) is 12.2 Å². The fourth-order valence-electron chi connectivity index (χ4n) is 2.34. The Hall–Kier alpha value is -1.51. The molecule has 2 nitrogen and oxygen atoms in total. The number of hydrogen-bond donors (Lipinski definition) is 1. The van der Waals surface area contributed by atoms with Gasteiger partial charge in [-0.2, -0.15) is 0 Å². The number of aryl methyl sites for hydroxylation is 1. The number of benzene rings is 2. The molecule has 0 aromatic heterocycles. The standard InChI is InChI=1S/C17H20ClNO/c1-4-19(16-8-6-5-7-12(16)2)17-10-9-14(13(3)20)11-15(17)18/h5-11,13,20H,4H2,1-3H3. The first-order chi connectivity index (χ1) is 9.54. The van der Waals surface area contributed by atoms with Gasteiger partial charge in [0.1, 0.15) is 0 Å². The molecule has 0 spiro atoms. The lowest BCUT2D eigenvalue weighted by Gasteiger charge is -2.26. The van der Waals surface area contributed by atoms with Crippen LogP contribution in [0.15, 0.2) is 42.5 Å². The van der Waals surface area contributed by atoms with E-state index >= 15 is 0 Å². The number of rotatable bonds is 4. The van der Waals surface area contributed by atoms with Crippen molar-refractivity contribution in [3.8, 4) is 0 Å². The zero-order valence-electron chi connectivity index (χ0n) is 12.1. The van der Waals surface area contributed by atoms with E-state index in [9.17, 15) is 5.11 Å². The van der Waals surface area contributed by atoms with E-state index < -0.39 is 6.10 Å². The molecule has 0 saturated carbocycles. The minimum Gasteiger partial charge on any atom is -0.389 e. The van der Waals surface area contributed by atoms with Gasteiger partial charge in [0.15, 0.2) is 0 Å². The van der Waals surface area contributed by atoms with Crippen molar-refractivity contribution < 1.29 is 5.11 Å². The highest BCUT2D eigenvalue weighted by atomic mass is 35.5. The monoisotopic (exact) mass is 289 g/mol. The van der Waals surface area contributed by atoms with Crippen LogP contribution in [0.4, 0.5) is 11.4 Å². The molecule has 106 valence electrons. The molecule has 0 amide bonds. The molecule has 0 aliphatic carbocycles. The van der Waals surface area contributed by atoms with Crippen molar-refractivity contribution in [2.75, 3.05) is 11.4 Å². The summed E-state index contributed by atoms with van der Waals surface area (Å²) in [5, 5.41) is 10.3. The van der Waals surface area contributed by atoms with E-state index in [4.69, 9.17) is 11.6 Å². The van der Waals surface area contributed by atoms with Crippen molar-refractivity contribution >= 4 is 23.0 Å². The SMILES string of the molecule is CCN(c1ccccc1C)c1ccc(C(C)O)cc1Cl. The largest absolute Gasteiger partial charge is 0.389 e. The van der Waals surface area contributed by atoms with Crippen molar-refractivity contribution in [3.63, 3.8) is 0 Å². The van der Waals surface area contributed by atoms with Gasteiger partial charge in [-0.1, -0.05) is 35.9 Å². The Labute approximate surface area is 125 Å². The average molecular weight is 290 g/mol. The number of anilines is 2. The lowest BCUT2D eigenvalue weighted by molar-refractivity contribution is 0.199. The van der Waals surface area contributed by atoms with Gasteiger partial charge in [-0.15, -0.1) is 0 Å². The van der Waals surface area contributed by atoms with Crippen LogP contribution in [-0.2, 0) is 0 Å². The number of halogens is 1. The lowest BCUT2D eigenvalue weighted by atomic mass is 10.1. The summed E-state index contributed by atoms with van der Waals surface area (Å²) >= 11 is 6.40. The van der Waals surface area contributed by atoms with Crippen molar-refractivity contribution in [2.24, 2.45) is 0 Å². The van der Waals surface area contributed by atoms with Crippen molar-refractivity contribution in [1.29, 1.82) is 0 Å². The Morgan fingerprint density at radius 3 is 2.40 bits per heavy atom. The molecule has 0 aliphatic rings. The minimum atomic E-state index is -0.505. The third-order valence-corrected chi connectivity index (χ3v) is 3.77. The fourth-order valence-corrected chi connectivity index (χ4v) is 2.63. The zero-order chi connectivity index (χ0) is 14.7. The van der Waals surface area contributed by atoms with Gasteiger partial charge in [0.05, 0.1) is 16.8 Å². The number of aliphatic hydroxyl groups is 1. The highest BCUT2D eigenvalue weighted by Gasteiger charge is 2.14. The summed E-state index contributed by atoms with van der Waals surface area (Å²) in [6.45, 7) is 6.77. The first-order valence-corrected chi connectivity index (χ1v) is 7.23. The molecule has 2 aromatic carbocycles. The molecule has 2 aromatic rings. The van der Waals surface area contributed by atoms with E-state index in [-0.39, 0.29) is 0 Å². The van der Waals surface area contributed by atoms with Crippen LogP contribution in [0.3, 0.4) is 0 Å². The topological polar surface area (TPSA) is 23.5 Å². The van der Waals surface area contributed by atoms with E-state index in [2.05, 4.69) is 30.9 Å². The molecular weight excluding hydrogens is 270 g/mol. The summed E-state index contributed by atoms with van der Waals surface area (Å²) in [6, 6.07) is 14.0. The van der Waals surface area contributed by atoms with Crippen LogP contribution in [0.2, 0.25) is 5.02 Å². The molecule has 1 unspecified atom stereocenters. The highest BCUT2D eigenvalue weighted by molar-refractivity contribution is 6.33. The Kier molecular flexibility index (Phi) is 4.69. The maximum Gasteiger partial charge on any atom is 0.0762 e. The van der Waals surface area contributed by atoms with E-state index in [1.165, 1.54) is 5.56 Å². The molecule has 0 saturated heterocycles. The summed E-state index contributed by atoms with van der Waals surface area (Å²) in [5.74, 6) is 0. The van der Waals surface area contributed by atoms with Gasteiger partial charge >= 0.3 is 0 Å². The van der Waals surface area contributed by atoms with Gasteiger partial charge in [0.25, 0.3) is 0 Å². The van der Waals surface area contributed by atoms with Gasteiger partial charge in [0.2, 0.25) is 0 Å². The molecule has 1 atom stereocenters. The maximum absolute atomic E-state index is 9.62. The molecule has 0 aliphatic heterocycles. The second-order valence-electron chi connectivity index (χ2n) is 4.92. The molecule has 0 fully saturated rings. The van der Waals surface area contributed by atoms with Gasteiger partial charge in [-0.05, 0) is 50.1 Å². The normalized spacial score (nSPS) is 12.2. The van der Waals surface area contributed by atoms with E-state index in [0.717, 1.165) is 23.5 Å². The van der Waals surface area contributed by atoms with Crippen LogP contribution in [0, 0.1) is 6.92 Å². The summed E-state index contributed by atoms with van der Waals surface area (Å²) in [4.78, 5) is 2.18. The third-order valence-electron chi connectivity index (χ3n) is 3.47. The molecular formula is C17H20ClNO. The summed E-state index contributed by atoms with van der Waals surface area (Å²) in [6.07, 6.45) is -0.505. The van der Waals surface area contributed by atoms with E-state index in [0.29, 0.717) is 5.02 Å². The highest BCUT2D eigenvalue weighted by Crippen LogP contribution is 2.34. The molecule has 0 radical (unpaired) electrons. The molecule has 3 heteroatoms. The van der Waals surface area contributed by atoms with Crippen LogP contribution in [0.1, 0.15) is 31.1 Å². The van der Waals surface area contributed by atoms with Crippen LogP contribution in [-0.4, -0.2) is 11.7 Å².